The third-order valence-electron chi connectivity index (χ3n) is 3.18. The second-order valence-electron chi connectivity index (χ2n) is 4.67. The van der Waals surface area contributed by atoms with Crippen LogP contribution >= 0.6 is 11.6 Å². The predicted molar refractivity (Wildman–Crippen MR) is 70.1 cm³/mol. The molecule has 17 heavy (non-hydrogen) atoms. The average Bonchev–Trinajstić information content (AvgIpc) is 2.28. The van der Waals surface area contributed by atoms with Crippen LogP contribution in [0.1, 0.15) is 25.7 Å². The van der Waals surface area contributed by atoms with Crippen LogP contribution in [0.3, 0.4) is 0 Å². The summed E-state index contributed by atoms with van der Waals surface area (Å²) in [4.78, 5) is 4.15. The monoisotopic (exact) mass is 255 g/mol. The van der Waals surface area contributed by atoms with Gasteiger partial charge in [0.15, 0.2) is 0 Å². The third-order valence-corrected chi connectivity index (χ3v) is 3.46. The Morgan fingerprint density at radius 1 is 1.53 bits per heavy atom. The van der Waals surface area contributed by atoms with Crippen molar-refractivity contribution in [1.29, 1.82) is 0 Å². The summed E-state index contributed by atoms with van der Waals surface area (Å²) in [7, 11) is 0. The number of nitrogens with two attached hydrogens (primary N) is 1. The van der Waals surface area contributed by atoms with Crippen molar-refractivity contribution in [2.75, 3.05) is 17.6 Å². The van der Waals surface area contributed by atoms with E-state index in [1.54, 1.807) is 12.3 Å². The molecule has 2 unspecified atom stereocenters. The van der Waals surface area contributed by atoms with Crippen LogP contribution in [0.15, 0.2) is 12.3 Å². The summed E-state index contributed by atoms with van der Waals surface area (Å²) in [5, 5.41) is 13.3. The molecule has 2 rings (SSSR count). The Kier molecular flexibility index (Phi) is 4.07. The molecule has 4 N–H and O–H groups in total. The summed E-state index contributed by atoms with van der Waals surface area (Å²) in [5.74, 6) is 1.16. The Balaban J connectivity index is 1.88. The van der Waals surface area contributed by atoms with Crippen LogP contribution in [0.5, 0.6) is 0 Å². The van der Waals surface area contributed by atoms with Crippen LogP contribution in [0.4, 0.5) is 11.5 Å². The quantitative estimate of drug-likeness (QED) is 0.775. The van der Waals surface area contributed by atoms with Crippen molar-refractivity contribution in [3.63, 3.8) is 0 Å². The van der Waals surface area contributed by atoms with Crippen molar-refractivity contribution in [3.05, 3.63) is 17.3 Å². The fourth-order valence-corrected chi connectivity index (χ4v) is 2.51. The molecule has 1 aromatic rings. The number of anilines is 2. The molecular weight excluding hydrogens is 238 g/mol. The minimum Gasteiger partial charge on any atom is -0.397 e. The number of halogens is 1. The molecular formula is C12H18ClN3O. The number of rotatable bonds is 3. The lowest BCUT2D eigenvalue weighted by atomic mass is 9.87. The number of aliphatic hydroxyl groups is 1. The lowest BCUT2D eigenvalue weighted by Gasteiger charge is -2.26. The largest absolute Gasteiger partial charge is 0.397 e. The van der Waals surface area contributed by atoms with Gasteiger partial charge in [-0.15, -0.1) is 0 Å². The zero-order valence-electron chi connectivity index (χ0n) is 9.69. The normalized spacial score (nSPS) is 24.6. The molecule has 0 aliphatic heterocycles. The van der Waals surface area contributed by atoms with E-state index >= 15 is 0 Å². The van der Waals surface area contributed by atoms with Gasteiger partial charge in [0, 0.05) is 6.54 Å². The fourth-order valence-electron chi connectivity index (χ4n) is 2.27. The molecule has 1 saturated carbocycles. The van der Waals surface area contributed by atoms with Gasteiger partial charge in [0.2, 0.25) is 0 Å². The van der Waals surface area contributed by atoms with E-state index in [0.717, 1.165) is 32.2 Å². The summed E-state index contributed by atoms with van der Waals surface area (Å²) >= 11 is 6.02. The van der Waals surface area contributed by atoms with Crippen molar-refractivity contribution in [3.8, 4) is 0 Å². The van der Waals surface area contributed by atoms with Crippen LogP contribution in [0.25, 0.3) is 0 Å². The molecule has 0 spiro atoms. The summed E-state index contributed by atoms with van der Waals surface area (Å²) < 4.78 is 0. The lowest BCUT2D eigenvalue weighted by Crippen LogP contribution is -2.25. The maximum Gasteiger partial charge on any atom is 0.144 e. The Bertz CT molecular complexity index is 386. The molecule has 1 aliphatic carbocycles. The highest BCUT2D eigenvalue weighted by molar-refractivity contribution is 6.33. The van der Waals surface area contributed by atoms with Gasteiger partial charge in [0.1, 0.15) is 5.82 Å². The number of aliphatic hydroxyl groups excluding tert-OH is 1. The van der Waals surface area contributed by atoms with Crippen molar-refractivity contribution >= 4 is 23.1 Å². The van der Waals surface area contributed by atoms with E-state index in [2.05, 4.69) is 10.3 Å². The highest BCUT2D eigenvalue weighted by Gasteiger charge is 2.20. The van der Waals surface area contributed by atoms with E-state index in [9.17, 15) is 5.11 Å². The fraction of sp³-hybridized carbons (Fsp3) is 0.583. The van der Waals surface area contributed by atoms with E-state index < -0.39 is 0 Å². The minimum atomic E-state index is -0.148. The van der Waals surface area contributed by atoms with E-state index in [1.807, 2.05) is 0 Å². The molecule has 1 aliphatic rings. The van der Waals surface area contributed by atoms with Crippen molar-refractivity contribution in [2.24, 2.45) is 5.92 Å². The average molecular weight is 256 g/mol. The molecule has 0 aromatic carbocycles. The number of nitrogens with zero attached hydrogens (tertiary/aromatic N) is 1. The highest BCUT2D eigenvalue weighted by Crippen LogP contribution is 2.26. The van der Waals surface area contributed by atoms with Crippen LogP contribution in [-0.4, -0.2) is 22.7 Å². The number of hydrogen-bond donors (Lipinski definition) is 3. The smallest absolute Gasteiger partial charge is 0.144 e. The number of hydrogen-bond acceptors (Lipinski definition) is 4. The first-order valence-electron chi connectivity index (χ1n) is 5.98. The molecule has 2 atom stereocenters. The zero-order chi connectivity index (χ0) is 12.3. The number of aromatic nitrogens is 1. The van der Waals surface area contributed by atoms with Crippen LogP contribution in [0.2, 0.25) is 5.02 Å². The predicted octanol–water partition coefficient (Wildman–Crippen LogP) is 2.28. The molecule has 0 saturated heterocycles. The maximum absolute atomic E-state index is 9.58. The van der Waals surface area contributed by atoms with Gasteiger partial charge in [-0.2, -0.15) is 0 Å². The molecule has 5 heteroatoms. The molecule has 4 nitrogen and oxygen atoms in total. The van der Waals surface area contributed by atoms with Gasteiger partial charge in [0.05, 0.1) is 23.0 Å². The molecule has 94 valence electrons. The van der Waals surface area contributed by atoms with E-state index in [-0.39, 0.29) is 6.10 Å². The summed E-state index contributed by atoms with van der Waals surface area (Å²) in [5.41, 5.74) is 6.14. The summed E-state index contributed by atoms with van der Waals surface area (Å²) in [6.45, 7) is 0.799. The first kappa shape index (κ1) is 12.5. The Morgan fingerprint density at radius 2 is 2.35 bits per heavy atom. The first-order valence-corrected chi connectivity index (χ1v) is 6.36. The number of nitrogen functional groups attached to an aromatic ring is 1. The molecule has 1 aromatic heterocycles. The Labute approximate surface area is 106 Å². The maximum atomic E-state index is 9.58. The zero-order valence-corrected chi connectivity index (χ0v) is 10.5. The molecule has 1 fully saturated rings. The molecule has 0 amide bonds. The van der Waals surface area contributed by atoms with Crippen molar-refractivity contribution < 1.29 is 5.11 Å². The Morgan fingerprint density at radius 3 is 3.06 bits per heavy atom. The van der Waals surface area contributed by atoms with Crippen LogP contribution < -0.4 is 11.1 Å². The number of pyridine rings is 1. The standard InChI is InChI=1S/C12H18ClN3O/c13-11-5-9(14)7-16-12(11)15-6-8-2-1-3-10(17)4-8/h5,7-8,10,17H,1-4,6,14H2,(H,15,16). The van der Waals surface area contributed by atoms with E-state index in [4.69, 9.17) is 17.3 Å². The van der Waals surface area contributed by atoms with Gasteiger partial charge in [-0.25, -0.2) is 4.98 Å². The van der Waals surface area contributed by atoms with Gasteiger partial charge in [-0.1, -0.05) is 18.0 Å². The van der Waals surface area contributed by atoms with Gasteiger partial charge in [-0.3, -0.25) is 0 Å². The minimum absolute atomic E-state index is 0.148. The summed E-state index contributed by atoms with van der Waals surface area (Å²) in [6.07, 6.45) is 5.47. The number of nitrogens with one attached hydrogen (secondary N) is 1. The van der Waals surface area contributed by atoms with Crippen molar-refractivity contribution in [2.45, 2.75) is 31.8 Å². The molecule has 1 heterocycles. The van der Waals surface area contributed by atoms with Gasteiger partial charge in [-0.05, 0) is 31.2 Å². The topological polar surface area (TPSA) is 71.2 Å². The lowest BCUT2D eigenvalue weighted by molar-refractivity contribution is 0.104. The van der Waals surface area contributed by atoms with Gasteiger partial charge >= 0.3 is 0 Å². The second-order valence-corrected chi connectivity index (χ2v) is 5.07. The third kappa shape index (κ3) is 3.48. The van der Waals surface area contributed by atoms with Gasteiger partial charge in [0.25, 0.3) is 0 Å². The molecule has 0 bridgehead atoms. The SMILES string of the molecule is Nc1cnc(NCC2CCCC(O)C2)c(Cl)c1. The second kappa shape index (κ2) is 5.56. The Hall–Kier alpha value is -1.00. The van der Waals surface area contributed by atoms with Crippen LogP contribution in [-0.2, 0) is 0 Å². The van der Waals surface area contributed by atoms with E-state index in [1.165, 1.54) is 0 Å². The van der Waals surface area contributed by atoms with Gasteiger partial charge < -0.3 is 16.2 Å². The molecule has 0 radical (unpaired) electrons. The van der Waals surface area contributed by atoms with E-state index in [0.29, 0.717) is 22.4 Å². The summed E-state index contributed by atoms with van der Waals surface area (Å²) in [6, 6.07) is 1.69. The first-order chi connectivity index (χ1) is 8.15. The van der Waals surface area contributed by atoms with Crippen LogP contribution in [0, 0.1) is 5.92 Å². The highest BCUT2D eigenvalue weighted by atomic mass is 35.5. The van der Waals surface area contributed by atoms with Crippen molar-refractivity contribution in [1.82, 2.24) is 4.98 Å².